The van der Waals surface area contributed by atoms with Gasteiger partial charge in [-0.1, -0.05) is 50.2 Å². The third-order valence-corrected chi connectivity index (χ3v) is 8.09. The highest BCUT2D eigenvalue weighted by Gasteiger charge is 2.28. The topological polar surface area (TPSA) is 139 Å². The fourth-order valence-electron chi connectivity index (χ4n) is 5.91. The third-order valence-electron chi connectivity index (χ3n) is 8.09. The summed E-state index contributed by atoms with van der Waals surface area (Å²) in [5, 5.41) is 12.9. The number of aryl methyl sites for hydroxylation is 3. The summed E-state index contributed by atoms with van der Waals surface area (Å²) in [6.45, 7) is 3.65. The molecule has 6 aromatic rings. The SMILES string of the molecule is CCc1cc(C(=O)OC(=O)c2c(O)c(CC)c(-c3cn(C)c4ccccc34)[nH]c2=O)c(=O)[nH]c1-c1cn(C)c2ccccc12. The Morgan fingerprint density at radius 3 is 1.89 bits per heavy atom. The molecule has 0 fully saturated rings. The minimum atomic E-state index is -1.36. The number of fused-ring (bicyclic) bond motifs is 2. The molecule has 10 heteroatoms. The van der Waals surface area contributed by atoms with E-state index in [1.165, 1.54) is 6.07 Å². The largest absolute Gasteiger partial charge is 0.506 e. The zero-order valence-corrected chi connectivity index (χ0v) is 24.6. The van der Waals surface area contributed by atoms with Gasteiger partial charge in [0.1, 0.15) is 11.3 Å². The lowest BCUT2D eigenvalue weighted by molar-refractivity contribution is 0.0393. The fraction of sp³-hybridized carbons (Fsp3) is 0.176. The second kappa shape index (κ2) is 10.9. The zero-order valence-electron chi connectivity index (χ0n) is 24.6. The van der Waals surface area contributed by atoms with Gasteiger partial charge in [-0.05, 0) is 36.6 Å². The van der Waals surface area contributed by atoms with Gasteiger partial charge in [-0.2, -0.15) is 0 Å². The molecule has 0 aliphatic carbocycles. The molecule has 2 aromatic carbocycles. The number of hydrogen-bond acceptors (Lipinski definition) is 6. The second-order valence-electron chi connectivity index (χ2n) is 10.7. The Balaban J connectivity index is 1.36. The Morgan fingerprint density at radius 1 is 0.773 bits per heavy atom. The third kappa shape index (κ3) is 4.51. The molecule has 0 aliphatic heterocycles. The van der Waals surface area contributed by atoms with E-state index in [-0.39, 0.29) is 6.42 Å². The number of carbonyl (C=O) groups is 2. The van der Waals surface area contributed by atoms with Crippen molar-refractivity contribution in [1.29, 1.82) is 0 Å². The number of aromatic amines is 2. The minimum absolute atomic E-state index is 0.268. The predicted octanol–water partition coefficient (Wildman–Crippen LogP) is 5.21. The van der Waals surface area contributed by atoms with E-state index >= 15 is 0 Å². The standard InChI is InChI=1S/C34H30N4O6/c1-5-18-15-22(31(40)35-28(18)23-16-37(3)25-13-9-7-11-20(23)25)33(42)44-34(43)27-30(39)19(6-2)29(36-32(27)41)24-17-38(4)26-14-10-8-12-21(24)26/h7-17H,5-6H2,1-4H3,(H,35,40)(H2,36,39,41). The van der Waals surface area contributed by atoms with Gasteiger partial charge in [0.05, 0.1) is 11.4 Å². The lowest BCUT2D eigenvalue weighted by Crippen LogP contribution is -2.27. The van der Waals surface area contributed by atoms with E-state index in [1.54, 1.807) is 6.92 Å². The summed E-state index contributed by atoms with van der Waals surface area (Å²) in [5.74, 6) is -3.17. The zero-order chi connectivity index (χ0) is 31.3. The molecule has 4 heterocycles. The van der Waals surface area contributed by atoms with Crippen molar-refractivity contribution in [1.82, 2.24) is 19.1 Å². The number of pyridine rings is 2. The number of rotatable bonds is 6. The number of H-pyrrole nitrogens is 2. The summed E-state index contributed by atoms with van der Waals surface area (Å²) in [6, 6.07) is 16.7. The highest BCUT2D eigenvalue weighted by Crippen LogP contribution is 2.35. The average molecular weight is 591 g/mol. The van der Waals surface area contributed by atoms with Gasteiger partial charge in [0.25, 0.3) is 11.1 Å². The Hall–Kier alpha value is -5.64. The van der Waals surface area contributed by atoms with Crippen molar-refractivity contribution >= 4 is 33.7 Å². The molecular formula is C34H30N4O6. The average Bonchev–Trinajstić information content (AvgIpc) is 3.53. The molecule has 0 saturated carbocycles. The van der Waals surface area contributed by atoms with Crippen molar-refractivity contribution < 1.29 is 19.4 Å². The quantitative estimate of drug-likeness (QED) is 0.180. The van der Waals surface area contributed by atoms with E-state index in [2.05, 4.69) is 9.97 Å². The molecule has 0 aliphatic rings. The normalized spacial score (nSPS) is 11.4. The van der Waals surface area contributed by atoms with Crippen LogP contribution < -0.4 is 11.1 Å². The summed E-state index contributed by atoms with van der Waals surface area (Å²) in [7, 11) is 3.77. The van der Waals surface area contributed by atoms with Crippen LogP contribution in [0.15, 0.2) is 76.6 Å². The van der Waals surface area contributed by atoms with E-state index in [1.807, 2.05) is 91.1 Å². The van der Waals surface area contributed by atoms with E-state index in [0.29, 0.717) is 34.5 Å². The number of ether oxygens (including phenoxy) is 1. The summed E-state index contributed by atoms with van der Waals surface area (Å²) < 4.78 is 8.86. The number of hydrogen-bond donors (Lipinski definition) is 3. The molecule has 222 valence electrons. The van der Waals surface area contributed by atoms with Crippen molar-refractivity contribution in [3.63, 3.8) is 0 Å². The van der Waals surface area contributed by atoms with Gasteiger partial charge in [0.15, 0.2) is 5.56 Å². The number of para-hydroxylation sites is 2. The minimum Gasteiger partial charge on any atom is -0.506 e. The molecule has 4 aromatic heterocycles. The highest BCUT2D eigenvalue weighted by atomic mass is 16.6. The highest BCUT2D eigenvalue weighted by molar-refractivity contribution is 6.05. The first-order chi connectivity index (χ1) is 21.1. The molecule has 0 spiro atoms. The fourth-order valence-corrected chi connectivity index (χ4v) is 5.91. The number of nitrogens with one attached hydrogen (secondary N) is 2. The molecule has 3 N–H and O–H groups in total. The van der Waals surface area contributed by atoms with Crippen LogP contribution in [0.2, 0.25) is 0 Å². The smallest absolute Gasteiger partial charge is 0.355 e. The van der Waals surface area contributed by atoms with Crippen molar-refractivity contribution in [3.8, 4) is 28.3 Å². The van der Waals surface area contributed by atoms with Crippen molar-refractivity contribution in [2.24, 2.45) is 14.1 Å². The molecule has 0 radical (unpaired) electrons. The van der Waals surface area contributed by atoms with Crippen LogP contribution in [-0.4, -0.2) is 36.1 Å². The lowest BCUT2D eigenvalue weighted by atomic mass is 10.00. The first kappa shape index (κ1) is 28.5. The van der Waals surface area contributed by atoms with Crippen LogP contribution >= 0.6 is 0 Å². The Kier molecular flexibility index (Phi) is 7.05. The van der Waals surface area contributed by atoms with Crippen molar-refractivity contribution in [3.05, 3.63) is 110 Å². The van der Waals surface area contributed by atoms with Crippen LogP contribution in [0.1, 0.15) is 45.7 Å². The number of aromatic nitrogens is 4. The monoisotopic (exact) mass is 590 g/mol. The van der Waals surface area contributed by atoms with Crippen LogP contribution in [-0.2, 0) is 31.7 Å². The number of nitrogens with zero attached hydrogens (tertiary/aromatic N) is 2. The van der Waals surface area contributed by atoms with Crippen LogP contribution in [0.4, 0.5) is 0 Å². The first-order valence-corrected chi connectivity index (χ1v) is 14.2. The summed E-state index contributed by atoms with van der Waals surface area (Å²) >= 11 is 0. The first-order valence-electron chi connectivity index (χ1n) is 14.2. The summed E-state index contributed by atoms with van der Waals surface area (Å²) in [5.41, 5.74) is 2.49. The predicted molar refractivity (Wildman–Crippen MR) is 168 cm³/mol. The van der Waals surface area contributed by atoms with Crippen LogP contribution in [0, 0.1) is 0 Å². The number of aromatic hydroxyl groups is 1. The van der Waals surface area contributed by atoms with Crippen molar-refractivity contribution in [2.45, 2.75) is 26.7 Å². The van der Waals surface area contributed by atoms with E-state index in [0.717, 1.165) is 27.4 Å². The summed E-state index contributed by atoms with van der Waals surface area (Å²) in [6.07, 6.45) is 4.47. The van der Waals surface area contributed by atoms with E-state index < -0.39 is 39.9 Å². The van der Waals surface area contributed by atoms with Gasteiger partial charge in [0, 0.05) is 65.0 Å². The maximum atomic E-state index is 13.2. The van der Waals surface area contributed by atoms with E-state index in [4.69, 9.17) is 4.74 Å². The Bertz CT molecular complexity index is 2250. The Morgan fingerprint density at radius 2 is 1.32 bits per heavy atom. The van der Waals surface area contributed by atoms with Gasteiger partial charge in [-0.15, -0.1) is 0 Å². The number of benzene rings is 2. The molecule has 0 amide bonds. The van der Waals surface area contributed by atoms with Gasteiger partial charge in [-0.3, -0.25) is 9.59 Å². The second-order valence-corrected chi connectivity index (χ2v) is 10.7. The number of carbonyl (C=O) groups excluding carboxylic acids is 2. The van der Waals surface area contributed by atoms with Gasteiger partial charge < -0.3 is 28.9 Å². The van der Waals surface area contributed by atoms with Gasteiger partial charge in [-0.25, -0.2) is 9.59 Å². The number of esters is 2. The molecule has 10 nitrogen and oxygen atoms in total. The van der Waals surface area contributed by atoms with Crippen LogP contribution in [0.25, 0.3) is 44.3 Å². The Labute approximate surface area is 251 Å². The maximum Gasteiger partial charge on any atom is 0.355 e. The molecule has 0 bridgehead atoms. The lowest BCUT2D eigenvalue weighted by Gasteiger charge is -2.13. The summed E-state index contributed by atoms with van der Waals surface area (Å²) in [4.78, 5) is 58.1. The van der Waals surface area contributed by atoms with Gasteiger partial charge >= 0.3 is 11.9 Å². The molecular weight excluding hydrogens is 560 g/mol. The molecule has 0 saturated heterocycles. The van der Waals surface area contributed by atoms with Gasteiger partial charge in [0.2, 0.25) is 0 Å². The molecule has 6 rings (SSSR count). The van der Waals surface area contributed by atoms with E-state index in [9.17, 15) is 24.3 Å². The molecule has 0 atom stereocenters. The van der Waals surface area contributed by atoms with Crippen LogP contribution in [0.5, 0.6) is 5.75 Å². The molecule has 0 unspecified atom stereocenters. The molecule has 44 heavy (non-hydrogen) atoms. The maximum absolute atomic E-state index is 13.2. The van der Waals surface area contributed by atoms with Crippen molar-refractivity contribution in [2.75, 3.05) is 0 Å². The van der Waals surface area contributed by atoms with Crippen LogP contribution in [0.3, 0.4) is 0 Å².